The van der Waals surface area contributed by atoms with E-state index in [2.05, 4.69) is 5.32 Å². The van der Waals surface area contributed by atoms with E-state index in [1.165, 1.54) is 7.11 Å². The number of hydrogen-bond acceptors (Lipinski definition) is 4. The fourth-order valence-electron chi connectivity index (χ4n) is 3.36. The van der Waals surface area contributed by atoms with Crippen LogP contribution in [0, 0.1) is 11.8 Å². The predicted octanol–water partition coefficient (Wildman–Crippen LogP) is 0.895. The molecular weight excluding hydrogens is 270 g/mol. The summed E-state index contributed by atoms with van der Waals surface area (Å²) in [6, 6.07) is 8.63. The summed E-state index contributed by atoms with van der Waals surface area (Å²) in [5, 5.41) is 13.2. The smallest absolute Gasteiger partial charge is 0.334 e. The van der Waals surface area contributed by atoms with E-state index in [0.29, 0.717) is 12.0 Å². The van der Waals surface area contributed by atoms with Gasteiger partial charge in [0.1, 0.15) is 0 Å². The number of carbonyl (C=O) groups is 2. The Morgan fingerprint density at radius 1 is 1.29 bits per heavy atom. The minimum atomic E-state index is -1.39. The van der Waals surface area contributed by atoms with Gasteiger partial charge in [0.05, 0.1) is 13.2 Å². The van der Waals surface area contributed by atoms with E-state index in [1.807, 2.05) is 18.2 Å². The zero-order valence-electron chi connectivity index (χ0n) is 11.7. The topological polar surface area (TPSA) is 75.6 Å². The Bertz CT molecular complexity index is 598. The van der Waals surface area contributed by atoms with E-state index in [0.717, 1.165) is 0 Å². The van der Waals surface area contributed by atoms with Gasteiger partial charge in [0.25, 0.3) is 5.91 Å². The molecule has 0 saturated heterocycles. The molecule has 2 aliphatic rings. The van der Waals surface area contributed by atoms with Crippen molar-refractivity contribution in [2.45, 2.75) is 18.1 Å². The zero-order chi connectivity index (χ0) is 15.0. The quantitative estimate of drug-likeness (QED) is 0.639. The fourth-order valence-corrected chi connectivity index (χ4v) is 3.36. The number of esters is 1. The van der Waals surface area contributed by atoms with Crippen LogP contribution in [0.25, 0.3) is 0 Å². The molecule has 1 amide bonds. The number of aliphatic hydroxyl groups excluding tert-OH is 1. The van der Waals surface area contributed by atoms with Gasteiger partial charge in [-0.25, -0.2) is 4.79 Å². The third-order valence-electron chi connectivity index (χ3n) is 4.45. The molecular formula is C16H17NO4. The van der Waals surface area contributed by atoms with Gasteiger partial charge in [-0.1, -0.05) is 30.4 Å². The number of hydrogen-bond donors (Lipinski definition) is 2. The number of aliphatic hydroxyl groups is 1. The van der Waals surface area contributed by atoms with Crippen molar-refractivity contribution in [1.82, 2.24) is 5.32 Å². The first-order valence-electron chi connectivity index (χ1n) is 6.92. The first kappa shape index (κ1) is 13.8. The van der Waals surface area contributed by atoms with Crippen LogP contribution in [0.1, 0.15) is 16.8 Å². The maximum absolute atomic E-state index is 12.4. The highest BCUT2D eigenvalue weighted by molar-refractivity contribution is 5.99. The van der Waals surface area contributed by atoms with Crippen molar-refractivity contribution in [3.8, 4) is 0 Å². The third kappa shape index (κ3) is 1.96. The van der Waals surface area contributed by atoms with E-state index in [-0.39, 0.29) is 17.7 Å². The first-order chi connectivity index (χ1) is 10.1. The Balaban J connectivity index is 1.93. The van der Waals surface area contributed by atoms with E-state index >= 15 is 0 Å². The normalized spacial score (nSPS) is 33.0. The molecule has 0 aliphatic heterocycles. The van der Waals surface area contributed by atoms with Crippen molar-refractivity contribution in [2.24, 2.45) is 11.8 Å². The van der Waals surface area contributed by atoms with Crippen LogP contribution in [0.2, 0.25) is 0 Å². The summed E-state index contributed by atoms with van der Waals surface area (Å²) >= 11 is 0. The standard InChI is InChI=1S/C16H17NO4/c1-21-15(20)16(12-8-7-11(9-12)13(16)18)17-14(19)10-5-3-2-4-6-10/h2-8,11-13,18H,9H2,1H3,(H,17,19)/t11-,12+,13+,16-/m0/s1. The Hall–Kier alpha value is -2.14. The Morgan fingerprint density at radius 3 is 2.57 bits per heavy atom. The Kier molecular flexibility index (Phi) is 3.29. The highest BCUT2D eigenvalue weighted by Gasteiger charge is 2.62. The molecule has 4 atom stereocenters. The molecule has 0 heterocycles. The monoisotopic (exact) mass is 287 g/mol. The van der Waals surface area contributed by atoms with Crippen LogP contribution in [0.5, 0.6) is 0 Å². The summed E-state index contributed by atoms with van der Waals surface area (Å²) in [6.45, 7) is 0. The van der Waals surface area contributed by atoms with Crippen molar-refractivity contribution >= 4 is 11.9 Å². The molecule has 21 heavy (non-hydrogen) atoms. The van der Waals surface area contributed by atoms with E-state index in [1.54, 1.807) is 24.3 Å². The van der Waals surface area contributed by atoms with Gasteiger partial charge in [0, 0.05) is 17.4 Å². The van der Waals surface area contributed by atoms with Crippen molar-refractivity contribution in [2.75, 3.05) is 7.11 Å². The molecule has 0 radical (unpaired) electrons. The van der Waals surface area contributed by atoms with Crippen molar-refractivity contribution < 1.29 is 19.4 Å². The highest BCUT2D eigenvalue weighted by Crippen LogP contribution is 2.47. The number of fused-ring (bicyclic) bond motifs is 2. The lowest BCUT2D eigenvalue weighted by atomic mass is 9.81. The van der Waals surface area contributed by atoms with E-state index in [9.17, 15) is 14.7 Å². The van der Waals surface area contributed by atoms with E-state index < -0.39 is 17.6 Å². The summed E-state index contributed by atoms with van der Waals surface area (Å²) in [7, 11) is 1.27. The van der Waals surface area contributed by atoms with Crippen molar-refractivity contribution in [3.05, 3.63) is 48.0 Å². The lowest BCUT2D eigenvalue weighted by Gasteiger charge is -2.37. The van der Waals surface area contributed by atoms with Crippen molar-refractivity contribution in [1.29, 1.82) is 0 Å². The molecule has 2 aliphatic carbocycles. The minimum Gasteiger partial charge on any atom is -0.467 e. The van der Waals surface area contributed by atoms with Crippen LogP contribution in [-0.4, -0.2) is 35.7 Å². The van der Waals surface area contributed by atoms with Crippen LogP contribution >= 0.6 is 0 Å². The van der Waals surface area contributed by atoms with Gasteiger partial charge in [-0.2, -0.15) is 0 Å². The number of benzene rings is 1. The summed E-state index contributed by atoms with van der Waals surface area (Å²) in [4.78, 5) is 24.7. The Labute approximate surface area is 122 Å². The maximum atomic E-state index is 12.4. The molecule has 1 aromatic carbocycles. The third-order valence-corrected chi connectivity index (χ3v) is 4.45. The van der Waals surface area contributed by atoms with Crippen LogP contribution in [0.15, 0.2) is 42.5 Å². The lowest BCUT2D eigenvalue weighted by molar-refractivity contribution is -0.154. The van der Waals surface area contributed by atoms with Crippen LogP contribution < -0.4 is 5.32 Å². The number of methoxy groups -OCH3 is 1. The van der Waals surface area contributed by atoms with Crippen LogP contribution in [0.4, 0.5) is 0 Å². The summed E-state index contributed by atoms with van der Waals surface area (Å²) in [5.74, 6) is -1.35. The molecule has 3 rings (SSSR count). The zero-order valence-corrected chi connectivity index (χ0v) is 11.7. The molecule has 2 bridgehead atoms. The second-order valence-electron chi connectivity index (χ2n) is 5.52. The number of ether oxygens (including phenoxy) is 1. The van der Waals surface area contributed by atoms with Gasteiger partial charge in [-0.3, -0.25) is 4.79 Å². The maximum Gasteiger partial charge on any atom is 0.334 e. The lowest BCUT2D eigenvalue weighted by Crippen LogP contribution is -2.64. The van der Waals surface area contributed by atoms with Gasteiger partial charge in [-0.05, 0) is 18.6 Å². The second kappa shape index (κ2) is 5.00. The number of nitrogens with one attached hydrogen (secondary N) is 1. The average molecular weight is 287 g/mol. The molecule has 1 fully saturated rings. The summed E-state index contributed by atoms with van der Waals surface area (Å²) in [6.07, 6.45) is 3.45. The van der Waals surface area contributed by atoms with Crippen LogP contribution in [-0.2, 0) is 9.53 Å². The van der Waals surface area contributed by atoms with Gasteiger partial charge >= 0.3 is 5.97 Å². The van der Waals surface area contributed by atoms with Crippen molar-refractivity contribution in [3.63, 3.8) is 0 Å². The highest BCUT2D eigenvalue weighted by atomic mass is 16.5. The summed E-state index contributed by atoms with van der Waals surface area (Å²) < 4.78 is 4.85. The predicted molar refractivity (Wildman–Crippen MR) is 75.4 cm³/mol. The molecule has 5 heteroatoms. The minimum absolute atomic E-state index is 0.120. The molecule has 0 aromatic heterocycles. The Morgan fingerprint density at radius 2 is 2.00 bits per heavy atom. The number of amides is 1. The fraction of sp³-hybridized carbons (Fsp3) is 0.375. The van der Waals surface area contributed by atoms with Crippen LogP contribution in [0.3, 0.4) is 0 Å². The van der Waals surface area contributed by atoms with Gasteiger partial charge in [0.2, 0.25) is 0 Å². The molecule has 1 saturated carbocycles. The SMILES string of the molecule is COC(=O)[C@]1(NC(=O)c2ccccc2)[C@@H]2C=C[C@@H](C2)[C@H]1O. The molecule has 1 aromatic rings. The molecule has 0 unspecified atom stereocenters. The van der Waals surface area contributed by atoms with Gasteiger partial charge in [0.15, 0.2) is 5.54 Å². The average Bonchev–Trinajstić information content (AvgIpc) is 3.10. The van der Waals surface area contributed by atoms with Gasteiger partial charge in [-0.15, -0.1) is 0 Å². The largest absolute Gasteiger partial charge is 0.467 e. The number of carbonyl (C=O) groups excluding carboxylic acids is 2. The molecule has 5 nitrogen and oxygen atoms in total. The molecule has 2 N–H and O–H groups in total. The van der Waals surface area contributed by atoms with E-state index in [4.69, 9.17) is 4.74 Å². The van der Waals surface area contributed by atoms with Gasteiger partial charge < -0.3 is 15.2 Å². The second-order valence-corrected chi connectivity index (χ2v) is 5.52. The first-order valence-corrected chi connectivity index (χ1v) is 6.92. The molecule has 0 spiro atoms. The number of rotatable bonds is 3. The molecule has 110 valence electrons. The summed E-state index contributed by atoms with van der Waals surface area (Å²) in [5.41, 5.74) is -0.944.